The van der Waals surface area contributed by atoms with Crippen LogP contribution in [0.3, 0.4) is 0 Å². The predicted octanol–water partition coefficient (Wildman–Crippen LogP) is 2.79. The Balaban J connectivity index is 2.63. The minimum absolute atomic E-state index is 0.0195. The lowest BCUT2D eigenvalue weighted by atomic mass is 9.76. The van der Waals surface area contributed by atoms with Gasteiger partial charge in [0, 0.05) is 0 Å². The van der Waals surface area contributed by atoms with E-state index in [1.54, 1.807) is 0 Å². The molecule has 0 aliphatic heterocycles. The maximum absolute atomic E-state index is 9.39. The Morgan fingerprint density at radius 1 is 1.36 bits per heavy atom. The molecule has 1 aliphatic rings. The second-order valence-corrected chi connectivity index (χ2v) is 4.33. The number of aliphatic hydroxyl groups excluding tert-OH is 1. The van der Waals surface area contributed by atoms with E-state index >= 15 is 0 Å². The van der Waals surface area contributed by atoms with Gasteiger partial charge in [-0.1, -0.05) is 31.8 Å². The summed E-state index contributed by atoms with van der Waals surface area (Å²) in [4.78, 5) is 0. The zero-order valence-corrected chi connectivity index (χ0v) is 8.71. The molecular formula is C12H19NO. The molecule has 1 N–H and O–H groups in total. The molecule has 0 aromatic rings. The summed E-state index contributed by atoms with van der Waals surface area (Å²) in [6.45, 7) is 3.87. The van der Waals surface area contributed by atoms with Gasteiger partial charge in [-0.05, 0) is 24.7 Å². The van der Waals surface area contributed by atoms with E-state index in [0.717, 1.165) is 12.8 Å². The summed E-state index contributed by atoms with van der Waals surface area (Å²) < 4.78 is 0. The van der Waals surface area contributed by atoms with Crippen molar-refractivity contribution in [2.24, 2.45) is 5.41 Å². The van der Waals surface area contributed by atoms with E-state index in [4.69, 9.17) is 5.26 Å². The maximum atomic E-state index is 9.39. The first kappa shape index (κ1) is 11.3. The first-order valence-electron chi connectivity index (χ1n) is 5.44. The lowest BCUT2D eigenvalue weighted by molar-refractivity contribution is 0.153. The summed E-state index contributed by atoms with van der Waals surface area (Å²) in [5.41, 5.74) is 0.0195. The fraction of sp³-hybridized carbons (Fsp3) is 0.750. The van der Waals surface area contributed by atoms with Gasteiger partial charge in [0.05, 0.1) is 6.07 Å². The highest BCUT2D eigenvalue weighted by molar-refractivity contribution is 5.00. The van der Waals surface area contributed by atoms with Gasteiger partial charge in [0.15, 0.2) is 0 Å². The molecule has 0 saturated heterocycles. The van der Waals surface area contributed by atoms with Gasteiger partial charge in [-0.3, -0.25) is 0 Å². The Kier molecular flexibility index (Phi) is 4.16. The smallest absolute Gasteiger partial charge is 0.141 e. The number of hydrogen-bond donors (Lipinski definition) is 1. The molecule has 2 nitrogen and oxygen atoms in total. The van der Waals surface area contributed by atoms with E-state index in [9.17, 15) is 5.11 Å². The van der Waals surface area contributed by atoms with Gasteiger partial charge >= 0.3 is 0 Å². The number of allylic oxidation sites excluding steroid dienone is 1. The summed E-state index contributed by atoms with van der Waals surface area (Å²) in [7, 11) is 0. The Bertz CT molecular complexity index is 221. The van der Waals surface area contributed by atoms with Crippen LogP contribution >= 0.6 is 0 Å². The van der Waals surface area contributed by atoms with Crippen molar-refractivity contribution >= 4 is 0 Å². The monoisotopic (exact) mass is 193 g/mol. The van der Waals surface area contributed by atoms with E-state index in [1.807, 2.05) is 12.1 Å². The van der Waals surface area contributed by atoms with Gasteiger partial charge < -0.3 is 5.11 Å². The molecule has 0 amide bonds. The number of nitriles is 1. The van der Waals surface area contributed by atoms with Gasteiger partial charge in [-0.2, -0.15) is 5.26 Å². The quantitative estimate of drug-likeness (QED) is 0.425. The molecule has 0 radical (unpaired) electrons. The van der Waals surface area contributed by atoms with Crippen molar-refractivity contribution in [3.63, 3.8) is 0 Å². The second kappa shape index (κ2) is 5.17. The molecule has 1 fully saturated rings. The highest BCUT2D eigenvalue weighted by atomic mass is 16.3. The van der Waals surface area contributed by atoms with Gasteiger partial charge in [-0.25, -0.2) is 0 Å². The molecular weight excluding hydrogens is 174 g/mol. The van der Waals surface area contributed by atoms with Crippen molar-refractivity contribution in [3.05, 3.63) is 12.7 Å². The van der Waals surface area contributed by atoms with Crippen LogP contribution in [0.5, 0.6) is 0 Å². The van der Waals surface area contributed by atoms with Crippen LogP contribution < -0.4 is 0 Å². The molecule has 0 heterocycles. The molecule has 14 heavy (non-hydrogen) atoms. The van der Waals surface area contributed by atoms with E-state index in [2.05, 4.69) is 6.58 Å². The fourth-order valence-corrected chi connectivity index (χ4v) is 2.35. The highest BCUT2D eigenvalue weighted by Crippen LogP contribution is 2.39. The standard InChI is InChI=1S/C12H19NO/c1-2-12(9-11(14)10-13)7-5-3-4-6-8-12/h2,11,14H,1,3-9H2/t11-/m1/s1. The van der Waals surface area contributed by atoms with E-state index in [-0.39, 0.29) is 5.41 Å². The Morgan fingerprint density at radius 3 is 2.36 bits per heavy atom. The zero-order chi connectivity index (χ0) is 10.4. The van der Waals surface area contributed by atoms with Crippen LogP contribution in [0.4, 0.5) is 0 Å². The van der Waals surface area contributed by atoms with Gasteiger partial charge in [0.1, 0.15) is 6.10 Å². The van der Waals surface area contributed by atoms with Crippen LogP contribution in [0.15, 0.2) is 12.7 Å². The molecule has 0 bridgehead atoms. The fourth-order valence-electron chi connectivity index (χ4n) is 2.35. The van der Waals surface area contributed by atoms with E-state index in [0.29, 0.717) is 6.42 Å². The highest BCUT2D eigenvalue weighted by Gasteiger charge is 2.29. The van der Waals surface area contributed by atoms with Gasteiger partial charge in [0.25, 0.3) is 0 Å². The molecule has 1 rings (SSSR count). The maximum Gasteiger partial charge on any atom is 0.141 e. The van der Waals surface area contributed by atoms with Gasteiger partial charge in [-0.15, -0.1) is 6.58 Å². The average molecular weight is 193 g/mol. The lowest BCUT2D eigenvalue weighted by Crippen LogP contribution is -2.23. The average Bonchev–Trinajstić information content (AvgIpc) is 2.44. The number of aliphatic hydroxyl groups is 1. The Hall–Kier alpha value is -0.810. The molecule has 1 saturated carbocycles. The first-order valence-corrected chi connectivity index (χ1v) is 5.44. The molecule has 0 spiro atoms. The topological polar surface area (TPSA) is 44.0 Å². The molecule has 1 atom stereocenters. The van der Waals surface area contributed by atoms with Crippen molar-refractivity contribution in [2.75, 3.05) is 0 Å². The number of hydrogen-bond acceptors (Lipinski definition) is 2. The minimum atomic E-state index is -0.828. The lowest BCUT2D eigenvalue weighted by Gasteiger charge is -2.29. The van der Waals surface area contributed by atoms with Crippen LogP contribution in [0.1, 0.15) is 44.9 Å². The van der Waals surface area contributed by atoms with Crippen LogP contribution in [-0.2, 0) is 0 Å². The third-order valence-corrected chi connectivity index (χ3v) is 3.28. The second-order valence-electron chi connectivity index (χ2n) is 4.33. The normalized spacial score (nSPS) is 23.1. The summed E-state index contributed by atoms with van der Waals surface area (Å²) in [5, 5.41) is 18.0. The Morgan fingerprint density at radius 2 is 1.93 bits per heavy atom. The molecule has 0 aromatic carbocycles. The predicted molar refractivity (Wildman–Crippen MR) is 56.6 cm³/mol. The Labute approximate surface area is 86.2 Å². The van der Waals surface area contributed by atoms with Crippen molar-refractivity contribution < 1.29 is 5.11 Å². The number of nitrogens with zero attached hydrogens (tertiary/aromatic N) is 1. The molecule has 0 aromatic heterocycles. The van der Waals surface area contributed by atoms with Crippen LogP contribution in [-0.4, -0.2) is 11.2 Å². The molecule has 78 valence electrons. The molecule has 0 unspecified atom stereocenters. The van der Waals surface area contributed by atoms with Crippen LogP contribution in [0.25, 0.3) is 0 Å². The van der Waals surface area contributed by atoms with Gasteiger partial charge in [0.2, 0.25) is 0 Å². The first-order chi connectivity index (χ1) is 6.72. The summed E-state index contributed by atoms with van der Waals surface area (Å²) in [6.07, 6.45) is 8.80. The third-order valence-electron chi connectivity index (χ3n) is 3.28. The summed E-state index contributed by atoms with van der Waals surface area (Å²) in [6, 6.07) is 1.90. The third kappa shape index (κ3) is 2.85. The summed E-state index contributed by atoms with van der Waals surface area (Å²) >= 11 is 0. The number of rotatable bonds is 3. The van der Waals surface area contributed by atoms with Crippen molar-refractivity contribution in [3.8, 4) is 6.07 Å². The van der Waals surface area contributed by atoms with Crippen LogP contribution in [0.2, 0.25) is 0 Å². The van der Waals surface area contributed by atoms with Crippen LogP contribution in [0, 0.1) is 16.7 Å². The van der Waals surface area contributed by atoms with Crippen molar-refractivity contribution in [1.29, 1.82) is 5.26 Å². The largest absolute Gasteiger partial charge is 0.378 e. The van der Waals surface area contributed by atoms with Crippen molar-refractivity contribution in [2.45, 2.75) is 51.0 Å². The summed E-state index contributed by atoms with van der Waals surface area (Å²) in [5.74, 6) is 0. The molecule has 1 aliphatic carbocycles. The zero-order valence-electron chi connectivity index (χ0n) is 8.71. The van der Waals surface area contributed by atoms with E-state index < -0.39 is 6.10 Å². The SMILES string of the molecule is C=CC1(C[C@@H](O)C#N)CCCCCC1. The molecule has 2 heteroatoms. The van der Waals surface area contributed by atoms with Crippen molar-refractivity contribution in [1.82, 2.24) is 0 Å². The minimum Gasteiger partial charge on any atom is -0.378 e. The van der Waals surface area contributed by atoms with E-state index in [1.165, 1.54) is 25.7 Å².